The number of halogens is 3. The summed E-state index contributed by atoms with van der Waals surface area (Å²) in [6.45, 7) is 0.153. The van der Waals surface area contributed by atoms with Crippen LogP contribution in [0.5, 0.6) is 17.2 Å². The van der Waals surface area contributed by atoms with Crippen LogP contribution in [0.2, 0.25) is 0 Å². The molecule has 29 heavy (non-hydrogen) atoms. The van der Waals surface area contributed by atoms with Crippen LogP contribution in [0.25, 0.3) is 0 Å². The van der Waals surface area contributed by atoms with Crippen molar-refractivity contribution in [3.05, 3.63) is 53.6 Å². The van der Waals surface area contributed by atoms with E-state index in [0.29, 0.717) is 36.3 Å². The van der Waals surface area contributed by atoms with Crippen LogP contribution in [0.4, 0.5) is 13.2 Å². The summed E-state index contributed by atoms with van der Waals surface area (Å²) < 4.78 is 52.6. The van der Waals surface area contributed by atoms with E-state index in [1.807, 2.05) is 0 Å². The SMILES string of the molecule is COc1cccc(OC)c1C1CCCC(=O)N1Cc1cccc(OC(F)(F)F)c1. The first-order chi connectivity index (χ1) is 13.8. The van der Waals surface area contributed by atoms with E-state index in [-0.39, 0.29) is 24.2 Å². The van der Waals surface area contributed by atoms with Gasteiger partial charge in [0.2, 0.25) is 5.91 Å². The van der Waals surface area contributed by atoms with Gasteiger partial charge in [-0.2, -0.15) is 0 Å². The normalized spacial score (nSPS) is 17.2. The smallest absolute Gasteiger partial charge is 0.496 e. The number of ether oxygens (including phenoxy) is 3. The van der Waals surface area contributed by atoms with Crippen molar-refractivity contribution in [3.8, 4) is 17.2 Å². The number of benzene rings is 2. The summed E-state index contributed by atoms with van der Waals surface area (Å²) >= 11 is 0. The zero-order chi connectivity index (χ0) is 21.0. The lowest BCUT2D eigenvalue weighted by molar-refractivity contribution is -0.274. The van der Waals surface area contributed by atoms with Crippen molar-refractivity contribution in [2.24, 2.45) is 0 Å². The minimum absolute atomic E-state index is 0.0728. The summed E-state index contributed by atoms with van der Waals surface area (Å²) in [5.41, 5.74) is 1.30. The number of hydrogen-bond donors (Lipinski definition) is 0. The van der Waals surface area contributed by atoms with Crippen LogP contribution in [-0.2, 0) is 11.3 Å². The molecule has 1 saturated heterocycles. The third-order valence-corrected chi connectivity index (χ3v) is 4.85. The second-order valence-electron chi connectivity index (χ2n) is 6.70. The van der Waals surface area contributed by atoms with Crippen molar-refractivity contribution in [1.29, 1.82) is 0 Å². The van der Waals surface area contributed by atoms with Crippen molar-refractivity contribution in [2.75, 3.05) is 14.2 Å². The van der Waals surface area contributed by atoms with Gasteiger partial charge in [0, 0.05) is 13.0 Å². The molecule has 1 aliphatic heterocycles. The maximum absolute atomic E-state index is 12.7. The molecule has 1 fully saturated rings. The van der Waals surface area contributed by atoms with Gasteiger partial charge < -0.3 is 19.1 Å². The number of alkyl halides is 3. The van der Waals surface area contributed by atoms with E-state index in [4.69, 9.17) is 9.47 Å². The molecule has 1 heterocycles. The van der Waals surface area contributed by atoms with Crippen LogP contribution in [0.3, 0.4) is 0 Å². The second-order valence-corrected chi connectivity index (χ2v) is 6.70. The quantitative estimate of drug-likeness (QED) is 0.684. The molecule has 1 atom stereocenters. The maximum Gasteiger partial charge on any atom is 0.573 e. The fourth-order valence-electron chi connectivity index (χ4n) is 3.66. The van der Waals surface area contributed by atoms with E-state index in [0.717, 1.165) is 5.56 Å². The summed E-state index contributed by atoms with van der Waals surface area (Å²) in [7, 11) is 3.09. The Morgan fingerprint density at radius 3 is 2.34 bits per heavy atom. The van der Waals surface area contributed by atoms with Gasteiger partial charge in [0.15, 0.2) is 0 Å². The zero-order valence-corrected chi connectivity index (χ0v) is 16.2. The highest BCUT2D eigenvalue weighted by Crippen LogP contribution is 2.42. The number of rotatable bonds is 6. The van der Waals surface area contributed by atoms with E-state index < -0.39 is 6.36 Å². The Morgan fingerprint density at radius 2 is 1.72 bits per heavy atom. The Bertz CT molecular complexity index is 847. The second kappa shape index (κ2) is 8.63. The summed E-state index contributed by atoms with van der Waals surface area (Å²) in [4.78, 5) is 14.4. The van der Waals surface area contributed by atoms with Gasteiger partial charge in [0.05, 0.1) is 25.8 Å². The highest BCUT2D eigenvalue weighted by atomic mass is 19.4. The predicted molar refractivity (Wildman–Crippen MR) is 99.8 cm³/mol. The van der Waals surface area contributed by atoms with Crippen LogP contribution < -0.4 is 14.2 Å². The number of carbonyl (C=O) groups is 1. The Balaban J connectivity index is 1.93. The highest BCUT2D eigenvalue weighted by Gasteiger charge is 2.34. The summed E-state index contributed by atoms with van der Waals surface area (Å²) in [5.74, 6) is 0.814. The molecule has 0 aliphatic carbocycles. The van der Waals surface area contributed by atoms with E-state index in [2.05, 4.69) is 4.74 Å². The highest BCUT2D eigenvalue weighted by molar-refractivity contribution is 5.78. The van der Waals surface area contributed by atoms with Crippen LogP contribution >= 0.6 is 0 Å². The third kappa shape index (κ3) is 4.93. The number of likely N-dealkylation sites (tertiary alicyclic amines) is 1. The summed E-state index contributed by atoms with van der Waals surface area (Å²) in [6.07, 6.45) is -2.99. The Morgan fingerprint density at radius 1 is 1.07 bits per heavy atom. The van der Waals surface area contributed by atoms with Gasteiger partial charge in [-0.05, 0) is 42.7 Å². The molecule has 2 aromatic carbocycles. The molecule has 0 aromatic heterocycles. The van der Waals surface area contributed by atoms with Gasteiger partial charge in [0.1, 0.15) is 17.2 Å². The molecule has 0 bridgehead atoms. The van der Waals surface area contributed by atoms with Gasteiger partial charge in [-0.25, -0.2) is 0 Å². The molecule has 0 N–H and O–H groups in total. The van der Waals surface area contributed by atoms with Gasteiger partial charge in [0.25, 0.3) is 0 Å². The van der Waals surface area contributed by atoms with Crippen molar-refractivity contribution >= 4 is 5.91 Å². The average molecular weight is 409 g/mol. The van der Waals surface area contributed by atoms with Crippen molar-refractivity contribution < 1.29 is 32.2 Å². The molecule has 3 rings (SSSR count). The van der Waals surface area contributed by atoms with Gasteiger partial charge >= 0.3 is 6.36 Å². The van der Waals surface area contributed by atoms with E-state index in [9.17, 15) is 18.0 Å². The molecule has 156 valence electrons. The maximum atomic E-state index is 12.7. The van der Waals surface area contributed by atoms with Crippen molar-refractivity contribution in [2.45, 2.75) is 38.2 Å². The van der Waals surface area contributed by atoms with E-state index >= 15 is 0 Å². The zero-order valence-electron chi connectivity index (χ0n) is 16.2. The number of nitrogens with zero attached hydrogens (tertiary/aromatic N) is 1. The first kappa shape index (κ1) is 20.8. The molecule has 5 nitrogen and oxygen atoms in total. The summed E-state index contributed by atoms with van der Waals surface area (Å²) in [5, 5.41) is 0. The molecule has 2 aromatic rings. The monoisotopic (exact) mass is 409 g/mol. The molecule has 8 heteroatoms. The lowest BCUT2D eigenvalue weighted by Crippen LogP contribution is -2.38. The molecule has 0 saturated carbocycles. The van der Waals surface area contributed by atoms with Crippen molar-refractivity contribution in [1.82, 2.24) is 4.90 Å². The Labute approximate surface area is 167 Å². The number of hydrogen-bond acceptors (Lipinski definition) is 4. The lowest BCUT2D eigenvalue weighted by Gasteiger charge is -2.37. The molecule has 0 spiro atoms. The molecular formula is C21H22F3NO4. The number of piperidine rings is 1. The topological polar surface area (TPSA) is 48.0 Å². The lowest BCUT2D eigenvalue weighted by atomic mass is 9.92. The number of amides is 1. The minimum Gasteiger partial charge on any atom is -0.496 e. The van der Waals surface area contributed by atoms with E-state index in [1.54, 1.807) is 43.4 Å². The van der Waals surface area contributed by atoms with Crippen LogP contribution in [0.1, 0.15) is 36.4 Å². The van der Waals surface area contributed by atoms with Crippen LogP contribution in [0.15, 0.2) is 42.5 Å². The average Bonchev–Trinajstić information content (AvgIpc) is 2.68. The fourth-order valence-corrected chi connectivity index (χ4v) is 3.66. The molecule has 1 amide bonds. The number of carbonyl (C=O) groups excluding carboxylic acids is 1. The van der Waals surface area contributed by atoms with Crippen LogP contribution in [-0.4, -0.2) is 31.4 Å². The molecule has 1 aliphatic rings. The van der Waals surface area contributed by atoms with Crippen LogP contribution in [0, 0.1) is 0 Å². The van der Waals surface area contributed by atoms with Gasteiger partial charge in [-0.1, -0.05) is 18.2 Å². The standard InChI is InChI=1S/C21H22F3NO4/c1-27-17-9-5-10-18(28-2)20(17)16-8-4-11-19(26)25(16)13-14-6-3-7-15(12-14)29-21(22,23)24/h3,5-7,9-10,12,16H,4,8,11,13H2,1-2H3. The number of methoxy groups -OCH3 is 2. The van der Waals surface area contributed by atoms with Gasteiger partial charge in [-0.3, -0.25) is 4.79 Å². The third-order valence-electron chi connectivity index (χ3n) is 4.85. The molecular weight excluding hydrogens is 387 g/mol. The Hall–Kier alpha value is -2.90. The Kier molecular flexibility index (Phi) is 6.20. The minimum atomic E-state index is -4.77. The molecule has 1 unspecified atom stereocenters. The van der Waals surface area contributed by atoms with Crippen molar-refractivity contribution in [3.63, 3.8) is 0 Å². The first-order valence-electron chi connectivity index (χ1n) is 9.17. The van der Waals surface area contributed by atoms with E-state index in [1.165, 1.54) is 18.2 Å². The summed E-state index contributed by atoms with van der Waals surface area (Å²) in [6, 6.07) is 10.8. The first-order valence-corrected chi connectivity index (χ1v) is 9.17. The predicted octanol–water partition coefficient (Wildman–Crippen LogP) is 4.86. The largest absolute Gasteiger partial charge is 0.573 e. The fraction of sp³-hybridized carbons (Fsp3) is 0.381. The molecule has 0 radical (unpaired) electrons. The van der Waals surface area contributed by atoms with Gasteiger partial charge in [-0.15, -0.1) is 13.2 Å².